The first-order chi connectivity index (χ1) is 13.8. The molecule has 4 rings (SSSR count). The molecule has 2 saturated heterocycles. The third-order valence-corrected chi connectivity index (χ3v) is 7.31. The van der Waals surface area contributed by atoms with Gasteiger partial charge in [0.1, 0.15) is 5.60 Å². The van der Waals surface area contributed by atoms with E-state index in [-0.39, 0.29) is 35.1 Å². The average molecular weight is 413 g/mol. The molecule has 30 heavy (non-hydrogen) atoms. The Labute approximate surface area is 181 Å². The van der Waals surface area contributed by atoms with Crippen molar-refractivity contribution < 1.29 is 18.8 Å². The molecular weight excluding hydrogens is 377 g/mol. The summed E-state index contributed by atoms with van der Waals surface area (Å²) >= 11 is 0. The third kappa shape index (κ3) is 3.77. The third-order valence-electron chi connectivity index (χ3n) is 7.31. The van der Waals surface area contributed by atoms with Crippen LogP contribution in [0.15, 0.2) is 30.3 Å². The zero-order valence-electron chi connectivity index (χ0n) is 19.6. The van der Waals surface area contributed by atoms with E-state index in [1.54, 1.807) is 0 Å². The van der Waals surface area contributed by atoms with Gasteiger partial charge in [0.05, 0.1) is 11.2 Å². The SMILES string of the molecule is CC(C)(C)OC(=O)N1CC2(C1)CC(Cc1ccccc1)(B1OC(C)(C)C(C)(C)O1)C2. The number of hydrogen-bond acceptors (Lipinski definition) is 4. The zero-order valence-corrected chi connectivity index (χ0v) is 19.6. The van der Waals surface area contributed by atoms with Crippen molar-refractivity contribution in [2.45, 2.75) is 89.8 Å². The van der Waals surface area contributed by atoms with Crippen LogP contribution >= 0.6 is 0 Å². The fraction of sp³-hybridized carbons (Fsp3) is 0.708. The van der Waals surface area contributed by atoms with Crippen LogP contribution in [0.3, 0.4) is 0 Å². The Balaban J connectivity index is 1.48. The Morgan fingerprint density at radius 1 is 1.03 bits per heavy atom. The number of amides is 1. The van der Waals surface area contributed by atoms with Gasteiger partial charge in [0.2, 0.25) is 0 Å². The Morgan fingerprint density at radius 3 is 2.07 bits per heavy atom. The van der Waals surface area contributed by atoms with Crippen LogP contribution in [-0.2, 0) is 20.5 Å². The Morgan fingerprint density at radius 2 is 1.57 bits per heavy atom. The highest BCUT2D eigenvalue weighted by atomic mass is 16.7. The van der Waals surface area contributed by atoms with E-state index < -0.39 is 5.60 Å². The number of hydrogen-bond donors (Lipinski definition) is 0. The Hall–Kier alpha value is -1.53. The van der Waals surface area contributed by atoms with Gasteiger partial charge in [-0.25, -0.2) is 4.79 Å². The van der Waals surface area contributed by atoms with E-state index >= 15 is 0 Å². The molecule has 6 heteroatoms. The maximum Gasteiger partial charge on any atom is 0.464 e. The van der Waals surface area contributed by atoms with Crippen molar-refractivity contribution in [2.24, 2.45) is 5.41 Å². The maximum absolute atomic E-state index is 12.4. The van der Waals surface area contributed by atoms with Gasteiger partial charge in [-0.05, 0) is 73.3 Å². The standard InChI is InChI=1S/C24H36BNO4/c1-20(2,3)28-19(27)26-16-23(17-26)14-24(15-23,13-18-11-9-8-10-12-18)25-29-21(4,5)22(6,7)30-25/h8-12H,13-17H2,1-7H3. The monoisotopic (exact) mass is 413 g/mol. The van der Waals surface area contributed by atoms with Crippen LogP contribution < -0.4 is 0 Å². The van der Waals surface area contributed by atoms with Crippen molar-refractivity contribution in [1.29, 1.82) is 0 Å². The summed E-state index contributed by atoms with van der Waals surface area (Å²) in [5.74, 6) is 0. The molecule has 2 aliphatic heterocycles. The lowest BCUT2D eigenvalue weighted by Crippen LogP contribution is -2.68. The van der Waals surface area contributed by atoms with Crippen LogP contribution in [0.5, 0.6) is 0 Å². The van der Waals surface area contributed by atoms with Crippen LogP contribution in [0.4, 0.5) is 4.79 Å². The van der Waals surface area contributed by atoms with Crippen molar-refractivity contribution >= 4 is 13.2 Å². The van der Waals surface area contributed by atoms with Crippen LogP contribution in [0.1, 0.15) is 66.9 Å². The molecule has 0 aromatic heterocycles. The summed E-state index contributed by atoms with van der Waals surface area (Å²) in [6, 6.07) is 10.6. The lowest BCUT2D eigenvalue weighted by Gasteiger charge is -2.64. The van der Waals surface area contributed by atoms with Gasteiger partial charge in [0.15, 0.2) is 0 Å². The molecule has 1 aromatic rings. The van der Waals surface area contributed by atoms with Crippen LogP contribution in [0.2, 0.25) is 5.31 Å². The summed E-state index contributed by atoms with van der Waals surface area (Å²) in [6.07, 6.45) is 2.74. The molecule has 1 saturated carbocycles. The quantitative estimate of drug-likeness (QED) is 0.648. The first-order valence-corrected chi connectivity index (χ1v) is 11.1. The van der Waals surface area contributed by atoms with Gasteiger partial charge < -0.3 is 18.9 Å². The second-order valence-electron chi connectivity index (χ2n) is 11.8. The first kappa shape index (κ1) is 21.7. The number of carbonyl (C=O) groups excluding carboxylic acids is 1. The lowest BCUT2D eigenvalue weighted by molar-refractivity contribution is -0.0964. The fourth-order valence-corrected chi connectivity index (χ4v) is 5.35. The molecule has 1 aliphatic carbocycles. The van der Waals surface area contributed by atoms with Gasteiger partial charge in [0.25, 0.3) is 0 Å². The van der Waals surface area contributed by atoms with E-state index in [4.69, 9.17) is 14.0 Å². The van der Waals surface area contributed by atoms with Gasteiger partial charge >= 0.3 is 13.2 Å². The summed E-state index contributed by atoms with van der Waals surface area (Å²) in [7, 11) is -0.232. The predicted octanol–water partition coefficient (Wildman–Crippen LogP) is 5.09. The zero-order chi connectivity index (χ0) is 22.0. The summed E-state index contributed by atoms with van der Waals surface area (Å²) in [4.78, 5) is 14.2. The highest BCUT2D eigenvalue weighted by Crippen LogP contribution is 2.68. The number of benzene rings is 1. The molecule has 3 aliphatic rings. The van der Waals surface area contributed by atoms with E-state index in [9.17, 15) is 4.79 Å². The van der Waals surface area contributed by atoms with E-state index in [1.165, 1.54) is 5.56 Å². The maximum atomic E-state index is 12.4. The van der Waals surface area contributed by atoms with Crippen molar-refractivity contribution in [2.75, 3.05) is 13.1 Å². The minimum absolute atomic E-state index is 0.0631. The molecule has 1 amide bonds. The first-order valence-electron chi connectivity index (χ1n) is 11.1. The van der Waals surface area contributed by atoms with E-state index in [0.717, 1.165) is 32.4 Å². The Kier molecular flexibility index (Phi) is 4.87. The van der Waals surface area contributed by atoms with Gasteiger partial charge in [-0.3, -0.25) is 0 Å². The fourth-order valence-electron chi connectivity index (χ4n) is 5.35. The molecule has 164 valence electrons. The highest BCUT2D eigenvalue weighted by Gasteiger charge is 2.69. The number of nitrogens with zero attached hydrogens (tertiary/aromatic N) is 1. The topological polar surface area (TPSA) is 48.0 Å². The molecule has 1 spiro atoms. The predicted molar refractivity (Wildman–Crippen MR) is 118 cm³/mol. The smallest absolute Gasteiger partial charge is 0.444 e. The molecule has 0 atom stereocenters. The lowest BCUT2D eigenvalue weighted by atomic mass is 9.35. The molecule has 5 nitrogen and oxygen atoms in total. The van der Waals surface area contributed by atoms with Crippen molar-refractivity contribution in [3.8, 4) is 0 Å². The minimum Gasteiger partial charge on any atom is -0.444 e. The number of rotatable bonds is 3. The van der Waals surface area contributed by atoms with Crippen molar-refractivity contribution in [3.05, 3.63) is 35.9 Å². The van der Waals surface area contributed by atoms with Gasteiger partial charge in [0, 0.05) is 23.8 Å². The number of likely N-dealkylation sites (tertiary alicyclic amines) is 1. The largest absolute Gasteiger partial charge is 0.464 e. The normalized spacial score (nSPS) is 25.6. The molecule has 1 aromatic carbocycles. The summed E-state index contributed by atoms with van der Waals surface area (Å²) < 4.78 is 18.6. The average Bonchev–Trinajstić information content (AvgIpc) is 2.75. The number of ether oxygens (including phenoxy) is 1. The van der Waals surface area contributed by atoms with Crippen LogP contribution in [0, 0.1) is 5.41 Å². The van der Waals surface area contributed by atoms with Crippen molar-refractivity contribution in [1.82, 2.24) is 4.90 Å². The molecular formula is C24H36BNO4. The summed E-state index contributed by atoms with van der Waals surface area (Å²) in [5.41, 5.74) is 0.331. The van der Waals surface area contributed by atoms with Gasteiger partial charge in [-0.15, -0.1) is 0 Å². The molecule has 0 bridgehead atoms. The van der Waals surface area contributed by atoms with E-state index in [1.807, 2.05) is 25.7 Å². The summed E-state index contributed by atoms with van der Waals surface area (Å²) in [6.45, 7) is 15.7. The second kappa shape index (κ2) is 6.73. The molecule has 3 fully saturated rings. The van der Waals surface area contributed by atoms with Gasteiger partial charge in [-0.1, -0.05) is 30.3 Å². The van der Waals surface area contributed by atoms with Crippen LogP contribution in [-0.4, -0.2) is 48.0 Å². The second-order valence-corrected chi connectivity index (χ2v) is 11.8. The van der Waals surface area contributed by atoms with E-state index in [2.05, 4.69) is 58.0 Å². The van der Waals surface area contributed by atoms with Gasteiger partial charge in [-0.2, -0.15) is 0 Å². The van der Waals surface area contributed by atoms with Crippen LogP contribution in [0.25, 0.3) is 0 Å². The highest BCUT2D eigenvalue weighted by molar-refractivity contribution is 6.50. The number of carbonyl (C=O) groups is 1. The molecule has 0 N–H and O–H groups in total. The molecule has 0 radical (unpaired) electrons. The van der Waals surface area contributed by atoms with Crippen molar-refractivity contribution in [3.63, 3.8) is 0 Å². The summed E-state index contributed by atoms with van der Waals surface area (Å²) in [5, 5.41) is -0.0631. The molecule has 2 heterocycles. The molecule has 0 unspecified atom stereocenters. The Bertz CT molecular complexity index is 784. The minimum atomic E-state index is -0.459. The van der Waals surface area contributed by atoms with E-state index in [0.29, 0.717) is 0 Å².